The number of nitrogens with zero attached hydrogens (tertiary/aromatic N) is 3. The predicted octanol–water partition coefficient (Wildman–Crippen LogP) is 3.11. The minimum atomic E-state index is -3.84. The molecule has 0 unspecified atom stereocenters. The quantitative estimate of drug-likeness (QED) is 0.493. The van der Waals surface area contributed by atoms with Crippen molar-refractivity contribution in [3.63, 3.8) is 0 Å². The summed E-state index contributed by atoms with van der Waals surface area (Å²) in [7, 11) is -3.84. The van der Waals surface area contributed by atoms with Gasteiger partial charge in [-0.25, -0.2) is 28.2 Å². The van der Waals surface area contributed by atoms with Gasteiger partial charge in [0.05, 0.1) is 11.8 Å². The smallest absolute Gasteiger partial charge is 0.326 e. The molecule has 0 bridgehead atoms. The molecule has 3 N–H and O–H groups in total. The van der Waals surface area contributed by atoms with E-state index in [1.165, 1.54) is 18.6 Å². The zero-order chi connectivity index (χ0) is 21.1. The largest absolute Gasteiger partial charge is 0.335 e. The second-order valence-electron chi connectivity index (χ2n) is 6.71. The second kappa shape index (κ2) is 8.32. The summed E-state index contributed by atoms with van der Waals surface area (Å²) in [6.45, 7) is 0. The van der Waals surface area contributed by atoms with Gasteiger partial charge < -0.3 is 4.98 Å². The Balaban J connectivity index is 1.46. The molecular weight excluding hydrogens is 428 g/mol. The first-order chi connectivity index (χ1) is 14.4. The van der Waals surface area contributed by atoms with E-state index in [-0.39, 0.29) is 32.0 Å². The zero-order valence-electron chi connectivity index (χ0n) is 15.7. The Bertz CT molecular complexity index is 1170. The Morgan fingerprint density at radius 1 is 1.10 bits per heavy atom. The highest BCUT2D eigenvalue weighted by Crippen LogP contribution is 2.30. The number of pyridine rings is 1. The maximum Gasteiger partial charge on any atom is 0.326 e. The molecule has 3 aromatic heterocycles. The fraction of sp³-hybridized carbons (Fsp3) is 0.278. The molecule has 3 aromatic rings. The minimum Gasteiger partial charge on any atom is -0.335 e. The summed E-state index contributed by atoms with van der Waals surface area (Å²) in [6, 6.07) is 2.61. The van der Waals surface area contributed by atoms with Crippen molar-refractivity contribution in [1.29, 1.82) is 0 Å². The van der Waals surface area contributed by atoms with E-state index < -0.39 is 15.9 Å². The third-order valence-electron chi connectivity index (χ3n) is 4.73. The number of carbonyl (C=O) groups is 2. The normalized spacial score (nSPS) is 14.5. The van der Waals surface area contributed by atoms with Crippen LogP contribution in [0.25, 0.3) is 0 Å². The molecule has 0 aromatic carbocycles. The van der Waals surface area contributed by atoms with Crippen molar-refractivity contribution in [1.82, 2.24) is 19.9 Å². The average Bonchev–Trinajstić information content (AvgIpc) is 3.50. The van der Waals surface area contributed by atoms with E-state index in [1.54, 1.807) is 12.1 Å². The number of anilines is 2. The van der Waals surface area contributed by atoms with Gasteiger partial charge >= 0.3 is 6.03 Å². The van der Waals surface area contributed by atoms with Gasteiger partial charge in [-0.15, -0.1) is 0 Å². The lowest BCUT2D eigenvalue weighted by Crippen LogP contribution is -2.23. The number of rotatable bonds is 6. The molecule has 0 aliphatic heterocycles. The van der Waals surface area contributed by atoms with Crippen molar-refractivity contribution in [2.24, 2.45) is 5.92 Å². The summed E-state index contributed by atoms with van der Waals surface area (Å²) in [6.07, 6.45) is 9.08. The number of H-pyrrole nitrogens is 1. The van der Waals surface area contributed by atoms with Crippen LogP contribution in [0, 0.1) is 5.92 Å². The number of urea groups is 1. The maximum atomic E-state index is 12.7. The minimum absolute atomic E-state index is 0.0306. The van der Waals surface area contributed by atoms with Gasteiger partial charge in [0.15, 0.2) is 10.9 Å². The Morgan fingerprint density at radius 3 is 2.63 bits per heavy atom. The molecule has 1 fully saturated rings. The lowest BCUT2D eigenvalue weighted by Gasteiger charge is -2.12. The van der Waals surface area contributed by atoms with Gasteiger partial charge in [-0.2, -0.15) is 0 Å². The van der Waals surface area contributed by atoms with Gasteiger partial charge in [-0.3, -0.25) is 15.4 Å². The molecule has 1 aliphatic rings. The highest BCUT2D eigenvalue weighted by atomic mass is 32.2. The van der Waals surface area contributed by atoms with Crippen LogP contribution in [0.4, 0.5) is 15.7 Å². The fourth-order valence-corrected chi connectivity index (χ4v) is 5.54. The van der Waals surface area contributed by atoms with E-state index in [4.69, 9.17) is 0 Å². The van der Waals surface area contributed by atoms with Crippen LogP contribution >= 0.6 is 11.3 Å². The number of hydrogen-bond acceptors (Lipinski definition) is 8. The van der Waals surface area contributed by atoms with Crippen molar-refractivity contribution in [2.75, 3.05) is 10.6 Å². The van der Waals surface area contributed by atoms with Gasteiger partial charge in [-0.1, -0.05) is 24.2 Å². The van der Waals surface area contributed by atoms with Crippen LogP contribution < -0.4 is 10.6 Å². The van der Waals surface area contributed by atoms with Crippen LogP contribution in [-0.2, 0) is 9.84 Å². The molecule has 3 heterocycles. The number of carbonyl (C=O) groups excluding carboxylic acids is 2. The van der Waals surface area contributed by atoms with E-state index in [9.17, 15) is 18.0 Å². The number of imidazole rings is 1. The topological polar surface area (TPSA) is 147 Å². The number of Topliss-reactive ketones (excluding diaryl/α,β-unsaturated/α-hetero) is 1. The van der Waals surface area contributed by atoms with E-state index in [1.807, 2.05) is 0 Å². The van der Waals surface area contributed by atoms with Crippen molar-refractivity contribution >= 4 is 43.9 Å². The van der Waals surface area contributed by atoms with Crippen LogP contribution in [0.15, 0.2) is 46.3 Å². The Labute approximate surface area is 176 Å². The summed E-state index contributed by atoms with van der Waals surface area (Å²) in [4.78, 5) is 39.5. The number of ketones is 1. The van der Waals surface area contributed by atoms with Gasteiger partial charge in [0.1, 0.15) is 10.0 Å². The fourth-order valence-electron chi connectivity index (χ4n) is 3.28. The number of thiazole rings is 1. The van der Waals surface area contributed by atoms with Crippen molar-refractivity contribution < 1.29 is 18.0 Å². The molecule has 0 radical (unpaired) electrons. The molecule has 12 heteroatoms. The second-order valence-corrected chi connectivity index (χ2v) is 9.83. The molecule has 1 aliphatic carbocycles. The molecule has 4 rings (SSSR count). The van der Waals surface area contributed by atoms with Crippen molar-refractivity contribution in [2.45, 2.75) is 35.0 Å². The number of aromatic amines is 1. The van der Waals surface area contributed by atoms with E-state index in [0.29, 0.717) is 5.56 Å². The average molecular weight is 447 g/mol. The summed E-state index contributed by atoms with van der Waals surface area (Å²) in [5.41, 5.74) is 0.361. The molecule has 2 amide bonds. The van der Waals surface area contributed by atoms with Crippen molar-refractivity contribution in [3.05, 3.63) is 42.5 Å². The summed E-state index contributed by atoms with van der Waals surface area (Å²) < 4.78 is 24.8. The Kier molecular flexibility index (Phi) is 5.59. The standard InChI is InChI=1S/C18H18N6O4S2/c25-14(11-4-1-2-5-11)12-6-3-7-19-15(12)23-16(26)24-17-22-10-13(29-17)30(27,28)18-20-8-9-21-18/h3,6-11H,1-2,4-5H2,(H,20,21)(H2,19,22,23,24,26). The number of hydrogen-bond donors (Lipinski definition) is 3. The third kappa shape index (κ3) is 4.09. The van der Waals surface area contributed by atoms with Crippen LogP contribution in [0.5, 0.6) is 0 Å². The molecular formula is C18H18N6O4S2. The van der Waals surface area contributed by atoms with Gasteiger partial charge in [0.25, 0.3) is 9.84 Å². The van der Waals surface area contributed by atoms with Gasteiger partial charge in [0, 0.05) is 24.5 Å². The van der Waals surface area contributed by atoms with Crippen molar-refractivity contribution in [3.8, 4) is 0 Å². The summed E-state index contributed by atoms with van der Waals surface area (Å²) >= 11 is 0.789. The lowest BCUT2D eigenvalue weighted by atomic mass is 9.97. The number of aromatic nitrogens is 4. The molecule has 1 saturated carbocycles. The summed E-state index contributed by atoms with van der Waals surface area (Å²) in [5.74, 6) is 0.0787. The van der Waals surface area contributed by atoms with Crippen LogP contribution in [0.3, 0.4) is 0 Å². The van der Waals surface area contributed by atoms with Crippen LogP contribution in [0.2, 0.25) is 0 Å². The van der Waals surface area contributed by atoms with E-state index in [2.05, 4.69) is 30.6 Å². The van der Waals surface area contributed by atoms with Crippen LogP contribution in [0.1, 0.15) is 36.0 Å². The maximum absolute atomic E-state index is 12.7. The third-order valence-corrected chi connectivity index (χ3v) is 7.71. The molecule has 0 saturated heterocycles. The monoisotopic (exact) mass is 446 g/mol. The lowest BCUT2D eigenvalue weighted by molar-refractivity contribution is 0.0923. The molecule has 156 valence electrons. The molecule has 10 nitrogen and oxygen atoms in total. The number of nitrogens with one attached hydrogen (secondary N) is 3. The molecule has 0 atom stereocenters. The Hall–Kier alpha value is -3.12. The van der Waals surface area contributed by atoms with Gasteiger partial charge in [0.2, 0.25) is 5.16 Å². The highest BCUT2D eigenvalue weighted by Gasteiger charge is 2.27. The molecule has 0 spiro atoms. The predicted molar refractivity (Wildman–Crippen MR) is 109 cm³/mol. The van der Waals surface area contributed by atoms with Crippen LogP contribution in [-0.4, -0.2) is 40.2 Å². The highest BCUT2D eigenvalue weighted by molar-refractivity contribution is 7.93. The first-order valence-corrected chi connectivity index (χ1v) is 11.5. The van der Waals surface area contributed by atoms with E-state index in [0.717, 1.165) is 43.2 Å². The zero-order valence-corrected chi connectivity index (χ0v) is 17.3. The SMILES string of the molecule is O=C(Nc1ncc(S(=O)(=O)c2ncc[nH]2)s1)Nc1ncccc1C(=O)C1CCCC1. The number of amides is 2. The molecule has 30 heavy (non-hydrogen) atoms. The summed E-state index contributed by atoms with van der Waals surface area (Å²) in [5, 5.41) is 4.91. The first-order valence-electron chi connectivity index (χ1n) is 9.22. The first kappa shape index (κ1) is 20.2. The Morgan fingerprint density at radius 2 is 1.90 bits per heavy atom. The van der Waals surface area contributed by atoms with E-state index >= 15 is 0 Å². The number of sulfone groups is 1. The van der Waals surface area contributed by atoms with Gasteiger partial charge in [-0.05, 0) is 25.0 Å².